The van der Waals surface area contributed by atoms with Crippen molar-refractivity contribution in [2.45, 2.75) is 0 Å². The van der Waals surface area contributed by atoms with E-state index in [1.54, 1.807) is 23.1 Å². The van der Waals surface area contributed by atoms with Gasteiger partial charge < -0.3 is 9.64 Å². The third-order valence-corrected chi connectivity index (χ3v) is 4.70. The van der Waals surface area contributed by atoms with Crippen LogP contribution in [-0.4, -0.2) is 41.7 Å². The van der Waals surface area contributed by atoms with Crippen LogP contribution in [0.3, 0.4) is 0 Å². The number of aromatic nitrogens is 1. The summed E-state index contributed by atoms with van der Waals surface area (Å²) in [5.74, 6) is -4.79. The number of rotatable bonds is 2. The number of hydrogen-bond acceptors (Lipinski definition) is 3. The van der Waals surface area contributed by atoms with Crippen molar-refractivity contribution in [1.29, 1.82) is 0 Å². The Hall–Kier alpha value is -3.13. The standard InChI is InChI=1S/C20H15F3N2O3/c21-16-9-12(10-17(22)18(16)23)25-11-15(19(26)24-5-7-28-8-6-24)13-3-1-2-4-14(13)20(25)27/h1-4,9-11H,5-8H2. The SMILES string of the molecule is O=C(c1cn(-c2cc(F)c(F)c(F)c2)c(=O)c2ccccc12)N1CCOCC1. The molecule has 0 radical (unpaired) electrons. The molecule has 0 saturated carbocycles. The highest BCUT2D eigenvalue weighted by molar-refractivity contribution is 6.06. The maximum Gasteiger partial charge on any atom is 0.262 e. The van der Waals surface area contributed by atoms with Crippen LogP contribution in [0.1, 0.15) is 10.4 Å². The molecule has 144 valence electrons. The van der Waals surface area contributed by atoms with E-state index < -0.39 is 23.0 Å². The van der Waals surface area contributed by atoms with Crippen LogP contribution in [0.25, 0.3) is 16.5 Å². The summed E-state index contributed by atoms with van der Waals surface area (Å²) in [6.07, 6.45) is 1.24. The lowest BCUT2D eigenvalue weighted by Gasteiger charge is -2.27. The number of carbonyl (C=O) groups excluding carboxylic acids is 1. The number of halogens is 3. The van der Waals surface area contributed by atoms with Gasteiger partial charge >= 0.3 is 0 Å². The Morgan fingerprint density at radius 1 is 0.964 bits per heavy atom. The Morgan fingerprint density at radius 3 is 2.21 bits per heavy atom. The molecular weight excluding hydrogens is 373 g/mol. The van der Waals surface area contributed by atoms with Gasteiger partial charge in [-0.25, -0.2) is 13.2 Å². The molecule has 0 N–H and O–H groups in total. The first-order chi connectivity index (χ1) is 13.5. The highest BCUT2D eigenvalue weighted by Gasteiger charge is 2.23. The molecule has 28 heavy (non-hydrogen) atoms. The number of pyridine rings is 1. The fourth-order valence-electron chi connectivity index (χ4n) is 3.27. The predicted molar refractivity (Wildman–Crippen MR) is 96.1 cm³/mol. The van der Waals surface area contributed by atoms with Crippen LogP contribution in [0.15, 0.2) is 47.4 Å². The Labute approximate surface area is 157 Å². The van der Waals surface area contributed by atoms with Crippen molar-refractivity contribution in [2.24, 2.45) is 0 Å². The Balaban J connectivity index is 1.94. The first kappa shape index (κ1) is 18.2. The Bertz CT molecular complexity index is 1110. The molecule has 0 unspecified atom stereocenters. The van der Waals surface area contributed by atoms with Gasteiger partial charge in [0.25, 0.3) is 11.5 Å². The van der Waals surface area contributed by atoms with Crippen LogP contribution < -0.4 is 5.56 Å². The van der Waals surface area contributed by atoms with E-state index in [0.717, 1.165) is 16.7 Å². The van der Waals surface area contributed by atoms with E-state index >= 15 is 0 Å². The summed E-state index contributed by atoms with van der Waals surface area (Å²) in [7, 11) is 0. The van der Waals surface area contributed by atoms with Crippen LogP contribution in [0.2, 0.25) is 0 Å². The van der Waals surface area contributed by atoms with Crippen LogP contribution >= 0.6 is 0 Å². The lowest BCUT2D eigenvalue weighted by molar-refractivity contribution is 0.0304. The number of nitrogens with zero attached hydrogens (tertiary/aromatic N) is 2. The quantitative estimate of drug-likeness (QED) is 0.635. The van der Waals surface area contributed by atoms with Crippen molar-refractivity contribution in [1.82, 2.24) is 9.47 Å². The minimum atomic E-state index is -1.62. The average Bonchev–Trinajstić information content (AvgIpc) is 2.72. The van der Waals surface area contributed by atoms with Gasteiger partial charge in [-0.05, 0) is 6.07 Å². The fraction of sp³-hybridized carbons (Fsp3) is 0.200. The minimum Gasteiger partial charge on any atom is -0.378 e. The highest BCUT2D eigenvalue weighted by atomic mass is 19.2. The highest BCUT2D eigenvalue weighted by Crippen LogP contribution is 2.22. The fourth-order valence-corrected chi connectivity index (χ4v) is 3.27. The number of hydrogen-bond donors (Lipinski definition) is 0. The molecule has 1 aliphatic rings. The summed E-state index contributed by atoms with van der Waals surface area (Å²) in [4.78, 5) is 27.5. The molecular formula is C20H15F3N2O3. The second-order valence-electron chi connectivity index (χ2n) is 6.39. The number of morpholine rings is 1. The summed E-state index contributed by atoms with van der Waals surface area (Å²) in [5.41, 5.74) is -0.565. The maximum absolute atomic E-state index is 13.7. The zero-order valence-corrected chi connectivity index (χ0v) is 14.6. The van der Waals surface area contributed by atoms with Crippen LogP contribution in [0.4, 0.5) is 13.2 Å². The average molecular weight is 388 g/mol. The van der Waals surface area contributed by atoms with E-state index in [0.29, 0.717) is 31.7 Å². The number of amides is 1. The molecule has 1 amide bonds. The molecule has 0 aliphatic carbocycles. The molecule has 0 bridgehead atoms. The molecule has 1 aromatic heterocycles. The zero-order valence-electron chi connectivity index (χ0n) is 14.6. The molecule has 0 atom stereocenters. The number of fused-ring (bicyclic) bond motifs is 1. The van der Waals surface area contributed by atoms with Crippen molar-refractivity contribution in [3.63, 3.8) is 0 Å². The third kappa shape index (κ3) is 3.05. The molecule has 2 heterocycles. The lowest BCUT2D eigenvalue weighted by atomic mass is 10.1. The molecule has 3 aromatic rings. The van der Waals surface area contributed by atoms with Crippen molar-refractivity contribution >= 4 is 16.7 Å². The molecule has 4 rings (SSSR count). The van der Waals surface area contributed by atoms with E-state index in [4.69, 9.17) is 4.74 Å². The van der Waals surface area contributed by atoms with E-state index in [2.05, 4.69) is 0 Å². The van der Waals surface area contributed by atoms with Crippen molar-refractivity contribution in [2.75, 3.05) is 26.3 Å². The normalized spacial score (nSPS) is 14.5. The largest absolute Gasteiger partial charge is 0.378 e. The van der Waals surface area contributed by atoms with Gasteiger partial charge in [0.2, 0.25) is 0 Å². The zero-order chi connectivity index (χ0) is 19.8. The van der Waals surface area contributed by atoms with E-state index in [1.807, 2.05) is 0 Å². The van der Waals surface area contributed by atoms with Gasteiger partial charge in [0, 0.05) is 42.2 Å². The molecule has 1 saturated heterocycles. The van der Waals surface area contributed by atoms with Gasteiger partial charge in [-0.2, -0.15) is 0 Å². The van der Waals surface area contributed by atoms with E-state index in [9.17, 15) is 22.8 Å². The smallest absolute Gasteiger partial charge is 0.262 e. The second-order valence-corrected chi connectivity index (χ2v) is 6.39. The van der Waals surface area contributed by atoms with Gasteiger partial charge in [-0.3, -0.25) is 14.2 Å². The van der Waals surface area contributed by atoms with Crippen molar-refractivity contribution < 1.29 is 22.7 Å². The third-order valence-electron chi connectivity index (χ3n) is 4.70. The van der Waals surface area contributed by atoms with Crippen LogP contribution in [-0.2, 0) is 4.74 Å². The lowest BCUT2D eigenvalue weighted by Crippen LogP contribution is -2.41. The van der Waals surface area contributed by atoms with Crippen molar-refractivity contribution in [3.8, 4) is 5.69 Å². The van der Waals surface area contributed by atoms with Gasteiger partial charge in [0.15, 0.2) is 17.5 Å². The number of benzene rings is 2. The molecule has 0 spiro atoms. The van der Waals surface area contributed by atoms with Gasteiger partial charge in [0.1, 0.15) is 0 Å². The minimum absolute atomic E-state index is 0.205. The first-order valence-corrected chi connectivity index (χ1v) is 8.63. The molecule has 5 nitrogen and oxygen atoms in total. The second kappa shape index (κ2) is 7.12. The topological polar surface area (TPSA) is 51.5 Å². The maximum atomic E-state index is 13.7. The summed E-state index contributed by atoms with van der Waals surface area (Å²) < 4.78 is 46.9. The molecule has 1 aliphatic heterocycles. The van der Waals surface area contributed by atoms with E-state index in [-0.39, 0.29) is 22.5 Å². The number of ether oxygens (including phenoxy) is 1. The summed E-state index contributed by atoms with van der Waals surface area (Å²) >= 11 is 0. The molecule has 8 heteroatoms. The Morgan fingerprint density at radius 2 is 1.57 bits per heavy atom. The van der Waals surface area contributed by atoms with Gasteiger partial charge in [0.05, 0.1) is 24.5 Å². The molecule has 2 aromatic carbocycles. The Kier molecular flexibility index (Phi) is 4.64. The monoisotopic (exact) mass is 388 g/mol. The van der Waals surface area contributed by atoms with Gasteiger partial charge in [-0.15, -0.1) is 0 Å². The van der Waals surface area contributed by atoms with Gasteiger partial charge in [-0.1, -0.05) is 18.2 Å². The van der Waals surface area contributed by atoms with Crippen molar-refractivity contribution in [3.05, 3.63) is 76.0 Å². The molecule has 1 fully saturated rings. The summed E-state index contributed by atoms with van der Waals surface area (Å²) in [5, 5.41) is 0.648. The summed E-state index contributed by atoms with van der Waals surface area (Å²) in [6, 6.07) is 7.93. The first-order valence-electron chi connectivity index (χ1n) is 8.63. The predicted octanol–water partition coefficient (Wildman–Crippen LogP) is 2.88. The summed E-state index contributed by atoms with van der Waals surface area (Å²) in [6.45, 7) is 1.59. The number of carbonyl (C=O) groups is 1. The van der Waals surface area contributed by atoms with E-state index in [1.165, 1.54) is 12.3 Å². The van der Waals surface area contributed by atoms with Crippen LogP contribution in [0, 0.1) is 17.5 Å². The van der Waals surface area contributed by atoms with Crippen LogP contribution in [0.5, 0.6) is 0 Å².